The molecule has 0 amide bonds. The third-order valence-corrected chi connectivity index (χ3v) is 3.56. The van der Waals surface area contributed by atoms with Gasteiger partial charge in [-0.05, 0) is 39.1 Å². The highest BCUT2D eigenvalue weighted by Gasteiger charge is 2.27. The van der Waals surface area contributed by atoms with E-state index >= 15 is 0 Å². The Bertz CT molecular complexity index is 406. The minimum absolute atomic E-state index is 0.189. The highest BCUT2D eigenvalue weighted by molar-refractivity contribution is 5.55. The minimum atomic E-state index is -0.189. The fraction of sp³-hybridized carbons (Fsp3) is 0.571. The Morgan fingerprint density at radius 2 is 2.22 bits per heavy atom. The molecular weight excluding hydrogens is 229 g/mol. The summed E-state index contributed by atoms with van der Waals surface area (Å²) in [4.78, 5) is 4.50. The predicted octanol–water partition coefficient (Wildman–Crippen LogP) is 1.81. The molecule has 1 aliphatic heterocycles. The monoisotopic (exact) mass is 251 g/mol. The van der Waals surface area contributed by atoms with Crippen LogP contribution in [0.25, 0.3) is 0 Å². The summed E-state index contributed by atoms with van der Waals surface area (Å²) in [6, 6.07) is 5.71. The van der Waals surface area contributed by atoms with Gasteiger partial charge >= 0.3 is 0 Å². The first-order chi connectivity index (χ1) is 8.63. The fourth-order valence-electron chi connectivity index (χ4n) is 2.78. The van der Waals surface area contributed by atoms with Crippen molar-refractivity contribution in [2.24, 2.45) is 5.73 Å². The molecule has 3 nitrogen and oxygen atoms in total. The van der Waals surface area contributed by atoms with Crippen LogP contribution >= 0.6 is 0 Å². The molecule has 1 unspecified atom stereocenters. The SMILES string of the molecule is CN(C)CC1CCCN1c1cccc(F)c1CN. The van der Waals surface area contributed by atoms with E-state index in [0.29, 0.717) is 11.6 Å². The topological polar surface area (TPSA) is 32.5 Å². The van der Waals surface area contributed by atoms with Crippen LogP contribution in [0, 0.1) is 5.82 Å². The molecule has 0 bridgehead atoms. The van der Waals surface area contributed by atoms with Crippen molar-refractivity contribution >= 4 is 5.69 Å². The third-order valence-electron chi connectivity index (χ3n) is 3.56. The molecule has 1 atom stereocenters. The van der Waals surface area contributed by atoms with Gasteiger partial charge in [0.15, 0.2) is 0 Å². The minimum Gasteiger partial charge on any atom is -0.367 e. The number of anilines is 1. The van der Waals surface area contributed by atoms with Crippen molar-refractivity contribution in [3.05, 3.63) is 29.6 Å². The Morgan fingerprint density at radius 3 is 2.89 bits per heavy atom. The lowest BCUT2D eigenvalue weighted by Gasteiger charge is -2.30. The quantitative estimate of drug-likeness (QED) is 0.886. The molecule has 4 heteroatoms. The van der Waals surface area contributed by atoms with E-state index in [-0.39, 0.29) is 12.4 Å². The molecule has 0 saturated carbocycles. The van der Waals surface area contributed by atoms with Crippen LogP contribution in [0.1, 0.15) is 18.4 Å². The standard InChI is InChI=1S/C14H22FN3/c1-17(2)10-11-5-4-8-18(11)14-7-3-6-13(15)12(14)9-16/h3,6-7,11H,4-5,8-10,16H2,1-2H3. The number of nitrogens with two attached hydrogens (primary N) is 1. The van der Waals surface area contributed by atoms with Crippen molar-refractivity contribution in [2.75, 3.05) is 32.1 Å². The second kappa shape index (κ2) is 5.67. The van der Waals surface area contributed by atoms with Crippen LogP contribution in [0.15, 0.2) is 18.2 Å². The van der Waals surface area contributed by atoms with Crippen molar-refractivity contribution < 1.29 is 4.39 Å². The van der Waals surface area contributed by atoms with Gasteiger partial charge in [0.25, 0.3) is 0 Å². The van der Waals surface area contributed by atoms with E-state index in [0.717, 1.165) is 18.8 Å². The Balaban J connectivity index is 2.27. The summed E-state index contributed by atoms with van der Waals surface area (Å²) in [6.45, 7) is 2.25. The molecule has 18 heavy (non-hydrogen) atoms. The molecule has 1 heterocycles. The molecule has 1 fully saturated rings. The number of nitrogens with zero attached hydrogens (tertiary/aromatic N) is 2. The first-order valence-electron chi connectivity index (χ1n) is 6.52. The van der Waals surface area contributed by atoms with Crippen molar-refractivity contribution in [2.45, 2.75) is 25.4 Å². The lowest BCUT2D eigenvalue weighted by atomic mass is 10.1. The molecule has 0 aliphatic carbocycles. The molecule has 100 valence electrons. The summed E-state index contributed by atoms with van der Waals surface area (Å²) in [7, 11) is 4.15. The largest absolute Gasteiger partial charge is 0.367 e. The molecule has 0 spiro atoms. The van der Waals surface area contributed by atoms with E-state index in [1.54, 1.807) is 6.07 Å². The van der Waals surface area contributed by atoms with Gasteiger partial charge in [0, 0.05) is 36.9 Å². The van der Waals surface area contributed by atoms with E-state index in [9.17, 15) is 4.39 Å². The summed E-state index contributed by atoms with van der Waals surface area (Å²) in [5.74, 6) is -0.189. The van der Waals surface area contributed by atoms with Gasteiger partial charge in [-0.1, -0.05) is 6.07 Å². The molecule has 0 radical (unpaired) electrons. The average molecular weight is 251 g/mol. The number of benzene rings is 1. The number of rotatable bonds is 4. The van der Waals surface area contributed by atoms with Gasteiger partial charge in [0.1, 0.15) is 5.82 Å². The zero-order valence-electron chi connectivity index (χ0n) is 11.2. The van der Waals surface area contributed by atoms with Crippen molar-refractivity contribution in [1.82, 2.24) is 4.90 Å². The number of hydrogen-bond donors (Lipinski definition) is 1. The molecular formula is C14H22FN3. The molecule has 1 aliphatic rings. The van der Waals surface area contributed by atoms with Crippen LogP contribution in [-0.4, -0.2) is 38.1 Å². The summed E-state index contributed by atoms with van der Waals surface area (Å²) in [6.07, 6.45) is 2.33. The third kappa shape index (κ3) is 2.65. The van der Waals surface area contributed by atoms with Crippen molar-refractivity contribution in [3.63, 3.8) is 0 Å². The van der Waals surface area contributed by atoms with Crippen LogP contribution < -0.4 is 10.6 Å². The first-order valence-corrected chi connectivity index (χ1v) is 6.52. The van der Waals surface area contributed by atoms with Gasteiger partial charge in [-0.25, -0.2) is 4.39 Å². The number of halogens is 1. The lowest BCUT2D eigenvalue weighted by molar-refractivity contribution is 0.372. The maximum Gasteiger partial charge on any atom is 0.129 e. The summed E-state index contributed by atoms with van der Waals surface area (Å²) in [5.41, 5.74) is 7.30. The van der Waals surface area contributed by atoms with Crippen LogP contribution in [0.5, 0.6) is 0 Å². The highest BCUT2D eigenvalue weighted by atomic mass is 19.1. The Morgan fingerprint density at radius 1 is 1.44 bits per heavy atom. The van der Waals surface area contributed by atoms with E-state index < -0.39 is 0 Å². The van der Waals surface area contributed by atoms with Crippen LogP contribution in [0.2, 0.25) is 0 Å². The van der Waals surface area contributed by atoms with Crippen LogP contribution in [0.3, 0.4) is 0 Å². The van der Waals surface area contributed by atoms with Crippen LogP contribution in [-0.2, 0) is 6.54 Å². The second-order valence-electron chi connectivity index (χ2n) is 5.19. The maximum absolute atomic E-state index is 13.8. The van der Waals surface area contributed by atoms with E-state index in [2.05, 4.69) is 23.9 Å². The predicted molar refractivity (Wildman–Crippen MR) is 73.2 cm³/mol. The van der Waals surface area contributed by atoms with E-state index in [4.69, 9.17) is 5.73 Å². The Hall–Kier alpha value is -1.13. The Labute approximate surface area is 108 Å². The molecule has 1 saturated heterocycles. The zero-order chi connectivity index (χ0) is 13.1. The zero-order valence-corrected chi connectivity index (χ0v) is 11.2. The normalized spacial score (nSPS) is 19.8. The number of hydrogen-bond acceptors (Lipinski definition) is 3. The molecule has 1 aromatic carbocycles. The summed E-state index contributed by atoms with van der Waals surface area (Å²) < 4.78 is 13.8. The molecule has 1 aromatic rings. The van der Waals surface area contributed by atoms with Gasteiger partial charge in [-0.2, -0.15) is 0 Å². The summed E-state index contributed by atoms with van der Waals surface area (Å²) >= 11 is 0. The first kappa shape index (κ1) is 13.3. The lowest BCUT2D eigenvalue weighted by Crippen LogP contribution is -2.38. The van der Waals surface area contributed by atoms with Gasteiger partial charge < -0.3 is 15.5 Å². The van der Waals surface area contributed by atoms with Gasteiger partial charge in [-0.3, -0.25) is 0 Å². The van der Waals surface area contributed by atoms with E-state index in [1.165, 1.54) is 18.9 Å². The van der Waals surface area contributed by atoms with Crippen molar-refractivity contribution in [3.8, 4) is 0 Å². The summed E-state index contributed by atoms with van der Waals surface area (Å²) in [5, 5.41) is 0. The van der Waals surface area contributed by atoms with E-state index in [1.807, 2.05) is 6.07 Å². The number of likely N-dealkylation sites (N-methyl/N-ethyl adjacent to an activating group) is 1. The Kier molecular flexibility index (Phi) is 4.19. The molecule has 2 N–H and O–H groups in total. The van der Waals surface area contributed by atoms with Gasteiger partial charge in [0.2, 0.25) is 0 Å². The highest BCUT2D eigenvalue weighted by Crippen LogP contribution is 2.30. The molecule has 0 aromatic heterocycles. The van der Waals surface area contributed by atoms with Crippen molar-refractivity contribution in [1.29, 1.82) is 0 Å². The van der Waals surface area contributed by atoms with Gasteiger partial charge in [-0.15, -0.1) is 0 Å². The average Bonchev–Trinajstić information content (AvgIpc) is 2.75. The maximum atomic E-state index is 13.8. The second-order valence-corrected chi connectivity index (χ2v) is 5.19. The smallest absolute Gasteiger partial charge is 0.129 e. The van der Waals surface area contributed by atoms with Gasteiger partial charge in [0.05, 0.1) is 0 Å². The van der Waals surface area contributed by atoms with Crippen LogP contribution in [0.4, 0.5) is 10.1 Å². The fourth-order valence-corrected chi connectivity index (χ4v) is 2.78. The molecule has 2 rings (SSSR count).